The summed E-state index contributed by atoms with van der Waals surface area (Å²) in [5.74, 6) is -0.896. The van der Waals surface area contributed by atoms with Crippen LogP contribution in [0, 0.1) is 11.7 Å². The average molecular weight is 450 g/mol. The average Bonchev–Trinajstić information content (AvgIpc) is 3.41. The molecule has 11 heteroatoms. The lowest BCUT2D eigenvalue weighted by Crippen LogP contribution is -2.15. The second kappa shape index (κ2) is 8.34. The van der Waals surface area contributed by atoms with Gasteiger partial charge in [0.15, 0.2) is 23.0 Å². The minimum Gasteiger partial charge on any atom is -0.437 e. The Bertz CT molecular complexity index is 1360. The second-order valence-electron chi connectivity index (χ2n) is 7.48. The highest BCUT2D eigenvalue weighted by Gasteiger charge is 2.30. The van der Waals surface area contributed by atoms with Gasteiger partial charge in [-0.05, 0) is 44.0 Å². The van der Waals surface area contributed by atoms with Gasteiger partial charge in [0, 0.05) is 30.8 Å². The minimum absolute atomic E-state index is 0.0507. The van der Waals surface area contributed by atoms with Crippen LogP contribution in [0.3, 0.4) is 0 Å². The number of hydrogen-bond acceptors (Lipinski definition) is 7. The van der Waals surface area contributed by atoms with Gasteiger partial charge in [0.25, 0.3) is 0 Å². The van der Waals surface area contributed by atoms with E-state index in [4.69, 9.17) is 9.47 Å². The fourth-order valence-corrected chi connectivity index (χ4v) is 3.21. The molecule has 1 aliphatic rings. The first-order valence-corrected chi connectivity index (χ1v) is 10.4. The van der Waals surface area contributed by atoms with Gasteiger partial charge in [0.2, 0.25) is 11.8 Å². The van der Waals surface area contributed by atoms with E-state index in [9.17, 15) is 14.0 Å². The Morgan fingerprint density at radius 2 is 2.06 bits per heavy atom. The standard InChI is InChI=1S/C22H19FN6O4/c1-2-28-16(9-10-24-28)22(31)33-17-11-14(5-6-15(17)23)32-20-8-7-19-25-18(12-29(19)27-20)26-21(30)13-3-4-13/h5-13H,2-4H2,1H3,(H,26,30). The van der Waals surface area contributed by atoms with E-state index in [0.29, 0.717) is 18.0 Å². The van der Waals surface area contributed by atoms with E-state index in [-0.39, 0.29) is 34.9 Å². The SMILES string of the molecule is CCn1nccc1C(=O)Oc1cc(Oc2ccc3nc(NC(=O)C4CC4)cn3n2)ccc1F. The molecule has 0 radical (unpaired) electrons. The van der Waals surface area contributed by atoms with Gasteiger partial charge in [-0.2, -0.15) is 5.10 Å². The van der Waals surface area contributed by atoms with Crippen LogP contribution in [0.2, 0.25) is 0 Å². The van der Waals surface area contributed by atoms with Crippen molar-refractivity contribution in [2.24, 2.45) is 5.92 Å². The highest BCUT2D eigenvalue weighted by Crippen LogP contribution is 2.30. The van der Waals surface area contributed by atoms with Crippen LogP contribution in [0.25, 0.3) is 5.65 Å². The van der Waals surface area contributed by atoms with Gasteiger partial charge >= 0.3 is 5.97 Å². The number of fused-ring (bicyclic) bond motifs is 1. The molecule has 0 unspecified atom stereocenters. The number of imidazole rings is 1. The number of hydrogen-bond donors (Lipinski definition) is 1. The number of amides is 1. The normalized spacial score (nSPS) is 13.2. The molecule has 0 aliphatic heterocycles. The topological polar surface area (TPSA) is 113 Å². The molecule has 1 aromatic carbocycles. The fourth-order valence-electron chi connectivity index (χ4n) is 3.21. The lowest BCUT2D eigenvalue weighted by molar-refractivity contribution is -0.117. The number of nitrogens with zero attached hydrogens (tertiary/aromatic N) is 5. The molecule has 0 saturated heterocycles. The van der Waals surface area contributed by atoms with Crippen molar-refractivity contribution in [3.05, 3.63) is 60.3 Å². The number of carbonyl (C=O) groups is 2. The molecule has 33 heavy (non-hydrogen) atoms. The highest BCUT2D eigenvalue weighted by molar-refractivity contribution is 5.93. The zero-order valence-electron chi connectivity index (χ0n) is 17.6. The Morgan fingerprint density at radius 3 is 2.85 bits per heavy atom. The van der Waals surface area contributed by atoms with Crippen LogP contribution in [0.4, 0.5) is 10.2 Å². The summed E-state index contributed by atoms with van der Waals surface area (Å²) in [5, 5.41) is 11.1. The molecule has 0 atom stereocenters. The maximum atomic E-state index is 14.3. The Balaban J connectivity index is 1.32. The van der Waals surface area contributed by atoms with Crippen LogP contribution in [-0.2, 0) is 11.3 Å². The molecule has 1 aliphatic carbocycles. The van der Waals surface area contributed by atoms with Gasteiger partial charge in [-0.25, -0.2) is 18.7 Å². The number of halogens is 1. The number of anilines is 1. The Hall–Kier alpha value is -4.28. The minimum atomic E-state index is -0.732. The van der Waals surface area contributed by atoms with E-state index in [2.05, 4.69) is 20.5 Å². The van der Waals surface area contributed by atoms with Crippen LogP contribution in [0.5, 0.6) is 17.4 Å². The Kier molecular flexibility index (Phi) is 5.21. The van der Waals surface area contributed by atoms with Crippen LogP contribution < -0.4 is 14.8 Å². The molecule has 168 valence electrons. The van der Waals surface area contributed by atoms with Crippen LogP contribution in [0.15, 0.2) is 48.8 Å². The summed E-state index contributed by atoms with van der Waals surface area (Å²) in [5.41, 5.74) is 0.731. The van der Waals surface area contributed by atoms with Gasteiger partial charge < -0.3 is 14.8 Å². The summed E-state index contributed by atoms with van der Waals surface area (Å²) in [6.07, 6.45) is 4.84. The molecule has 10 nitrogen and oxygen atoms in total. The number of nitrogens with one attached hydrogen (secondary N) is 1. The Morgan fingerprint density at radius 1 is 1.21 bits per heavy atom. The van der Waals surface area contributed by atoms with E-state index in [0.717, 1.165) is 18.9 Å². The third-order valence-electron chi connectivity index (χ3n) is 5.05. The molecule has 1 fully saturated rings. The number of aryl methyl sites for hydroxylation is 1. The summed E-state index contributed by atoms with van der Waals surface area (Å²) in [6, 6.07) is 8.55. The van der Waals surface area contributed by atoms with Gasteiger partial charge in [0.1, 0.15) is 11.4 Å². The molecule has 4 aromatic rings. The summed E-state index contributed by atoms with van der Waals surface area (Å²) in [6.45, 7) is 2.30. The molecular formula is C22H19FN6O4. The van der Waals surface area contributed by atoms with Crippen molar-refractivity contribution in [3.8, 4) is 17.4 Å². The molecule has 0 bridgehead atoms. The molecule has 5 rings (SSSR count). The lowest BCUT2D eigenvalue weighted by atomic mass is 10.3. The number of benzene rings is 1. The summed E-state index contributed by atoms with van der Waals surface area (Å²) >= 11 is 0. The quantitative estimate of drug-likeness (QED) is 0.339. The molecule has 0 spiro atoms. The monoisotopic (exact) mass is 450 g/mol. The molecule has 1 N–H and O–H groups in total. The number of esters is 1. The highest BCUT2D eigenvalue weighted by atomic mass is 19.1. The van der Waals surface area contributed by atoms with Crippen molar-refractivity contribution in [3.63, 3.8) is 0 Å². The van der Waals surface area contributed by atoms with E-state index >= 15 is 0 Å². The van der Waals surface area contributed by atoms with E-state index < -0.39 is 11.8 Å². The molecule has 3 heterocycles. The number of rotatable bonds is 7. The maximum Gasteiger partial charge on any atom is 0.362 e. The van der Waals surface area contributed by atoms with Crippen molar-refractivity contribution < 1.29 is 23.5 Å². The van der Waals surface area contributed by atoms with Crippen molar-refractivity contribution >= 4 is 23.3 Å². The maximum absolute atomic E-state index is 14.3. The third kappa shape index (κ3) is 4.38. The molecule has 1 amide bonds. The lowest BCUT2D eigenvalue weighted by Gasteiger charge is -2.09. The van der Waals surface area contributed by atoms with Crippen molar-refractivity contribution in [2.75, 3.05) is 5.32 Å². The van der Waals surface area contributed by atoms with Crippen LogP contribution in [-0.4, -0.2) is 36.3 Å². The van der Waals surface area contributed by atoms with Gasteiger partial charge in [-0.3, -0.25) is 9.48 Å². The largest absolute Gasteiger partial charge is 0.437 e. The van der Waals surface area contributed by atoms with Crippen molar-refractivity contribution in [1.29, 1.82) is 0 Å². The fraction of sp³-hybridized carbons (Fsp3) is 0.227. The molecular weight excluding hydrogens is 431 g/mol. The first kappa shape index (κ1) is 20.6. The summed E-state index contributed by atoms with van der Waals surface area (Å²) < 4.78 is 28.1. The first-order chi connectivity index (χ1) is 16.0. The first-order valence-electron chi connectivity index (χ1n) is 10.4. The van der Waals surface area contributed by atoms with Crippen molar-refractivity contribution in [2.45, 2.75) is 26.3 Å². The second-order valence-corrected chi connectivity index (χ2v) is 7.48. The van der Waals surface area contributed by atoms with Gasteiger partial charge in [-0.1, -0.05) is 0 Å². The smallest absolute Gasteiger partial charge is 0.362 e. The number of carbonyl (C=O) groups excluding carboxylic acids is 2. The van der Waals surface area contributed by atoms with Crippen LogP contribution in [0.1, 0.15) is 30.3 Å². The third-order valence-corrected chi connectivity index (χ3v) is 5.05. The zero-order chi connectivity index (χ0) is 22.9. The molecule has 1 saturated carbocycles. The van der Waals surface area contributed by atoms with Gasteiger partial charge in [0.05, 0.1) is 6.20 Å². The summed E-state index contributed by atoms with van der Waals surface area (Å²) in [7, 11) is 0. The number of aromatic nitrogens is 5. The van der Waals surface area contributed by atoms with E-state index in [1.54, 1.807) is 18.3 Å². The van der Waals surface area contributed by atoms with E-state index in [1.807, 2.05) is 6.92 Å². The predicted octanol–water partition coefficient (Wildman–Crippen LogP) is 3.44. The van der Waals surface area contributed by atoms with E-state index in [1.165, 1.54) is 33.6 Å². The number of ether oxygens (including phenoxy) is 2. The summed E-state index contributed by atoms with van der Waals surface area (Å²) in [4.78, 5) is 28.6. The predicted molar refractivity (Wildman–Crippen MR) is 114 cm³/mol. The van der Waals surface area contributed by atoms with Gasteiger partial charge in [-0.15, -0.1) is 5.10 Å². The molecule has 3 aromatic heterocycles. The van der Waals surface area contributed by atoms with Crippen molar-refractivity contribution in [1.82, 2.24) is 24.4 Å². The zero-order valence-corrected chi connectivity index (χ0v) is 17.6. The Labute approximate surface area is 186 Å². The van der Waals surface area contributed by atoms with Crippen LogP contribution >= 0.6 is 0 Å².